The van der Waals surface area contributed by atoms with Crippen LogP contribution >= 0.6 is 11.8 Å². The van der Waals surface area contributed by atoms with Gasteiger partial charge in [-0.15, -0.1) is 0 Å². The van der Waals surface area contributed by atoms with Crippen molar-refractivity contribution in [3.8, 4) is 0 Å². The van der Waals surface area contributed by atoms with E-state index in [1.165, 1.54) is 0 Å². The molecule has 0 aromatic heterocycles. The molecule has 1 nitrogen and oxygen atoms in total. The number of hydrogen-bond donors (Lipinski definition) is 0. The summed E-state index contributed by atoms with van der Waals surface area (Å²) in [6, 6.07) is 0. The second-order valence-electron chi connectivity index (χ2n) is 3.57. The Morgan fingerprint density at radius 1 is 1.64 bits per heavy atom. The molecule has 1 rings (SSSR count). The van der Waals surface area contributed by atoms with Crippen molar-refractivity contribution in [2.24, 2.45) is 5.92 Å². The molecular formula is C9H16OS. The van der Waals surface area contributed by atoms with Crippen molar-refractivity contribution in [1.29, 1.82) is 0 Å². The minimum absolute atomic E-state index is 0.345. The van der Waals surface area contributed by atoms with Gasteiger partial charge in [0.2, 0.25) is 0 Å². The molecule has 2 heteroatoms. The van der Waals surface area contributed by atoms with Crippen LogP contribution in [0.5, 0.6) is 0 Å². The number of thioether (sulfide) groups is 1. The molecule has 0 aromatic rings. The highest BCUT2D eigenvalue weighted by atomic mass is 32.2. The fourth-order valence-electron chi connectivity index (χ4n) is 1.27. The number of Topliss-reactive ketones (excluding diaryl/α,β-unsaturated/α-hetero) is 1. The van der Waals surface area contributed by atoms with E-state index < -0.39 is 0 Å². The summed E-state index contributed by atoms with van der Waals surface area (Å²) >= 11 is 1.85. The summed E-state index contributed by atoms with van der Waals surface area (Å²) in [5.41, 5.74) is 0. The molecule has 1 saturated carbocycles. The van der Waals surface area contributed by atoms with E-state index in [2.05, 4.69) is 13.8 Å². The summed E-state index contributed by atoms with van der Waals surface area (Å²) in [6.07, 6.45) is 3.07. The number of ketones is 1. The lowest BCUT2D eigenvalue weighted by atomic mass is 10.3. The van der Waals surface area contributed by atoms with E-state index in [1.807, 2.05) is 11.8 Å². The molecule has 0 aliphatic heterocycles. The third-order valence-corrected chi connectivity index (χ3v) is 3.64. The first kappa shape index (κ1) is 9.11. The number of hydrogen-bond acceptors (Lipinski definition) is 2. The first-order valence-corrected chi connectivity index (χ1v) is 5.39. The van der Waals surface area contributed by atoms with Crippen LogP contribution in [0.25, 0.3) is 0 Å². The topological polar surface area (TPSA) is 17.1 Å². The zero-order valence-corrected chi connectivity index (χ0v) is 8.12. The Hall–Kier alpha value is 0.0200. The van der Waals surface area contributed by atoms with Gasteiger partial charge < -0.3 is 0 Å². The lowest BCUT2D eigenvalue weighted by molar-refractivity contribution is -0.116. The Balaban J connectivity index is 2.20. The molecule has 64 valence electrons. The van der Waals surface area contributed by atoms with E-state index in [1.54, 1.807) is 0 Å². The van der Waals surface area contributed by atoms with Crippen LogP contribution in [0.4, 0.5) is 0 Å². The average Bonchev–Trinajstić information content (AvgIpc) is 2.31. The van der Waals surface area contributed by atoms with Crippen LogP contribution in [-0.4, -0.2) is 16.8 Å². The molecule has 0 heterocycles. The molecule has 0 radical (unpaired) electrons. The summed E-state index contributed by atoms with van der Waals surface area (Å²) in [4.78, 5) is 11.2. The second kappa shape index (κ2) is 4.15. The Morgan fingerprint density at radius 3 is 2.82 bits per heavy atom. The quantitative estimate of drug-likeness (QED) is 0.650. The van der Waals surface area contributed by atoms with Gasteiger partial charge in [-0.3, -0.25) is 4.79 Å². The monoisotopic (exact) mass is 172 g/mol. The summed E-state index contributed by atoms with van der Waals surface area (Å²) in [5.74, 6) is 2.33. The molecule has 11 heavy (non-hydrogen) atoms. The third-order valence-electron chi connectivity index (χ3n) is 1.88. The van der Waals surface area contributed by atoms with E-state index in [0.717, 1.165) is 25.0 Å². The Bertz CT molecular complexity index is 142. The van der Waals surface area contributed by atoms with Gasteiger partial charge in [0.25, 0.3) is 0 Å². The van der Waals surface area contributed by atoms with Crippen molar-refractivity contribution in [2.75, 3.05) is 5.75 Å². The zero-order chi connectivity index (χ0) is 8.27. The van der Waals surface area contributed by atoms with Gasteiger partial charge >= 0.3 is 0 Å². The van der Waals surface area contributed by atoms with Crippen molar-refractivity contribution in [1.82, 2.24) is 0 Å². The minimum atomic E-state index is 0.345. The molecule has 0 saturated heterocycles. The van der Waals surface area contributed by atoms with Crippen LogP contribution in [0, 0.1) is 5.92 Å². The van der Waals surface area contributed by atoms with E-state index in [9.17, 15) is 4.79 Å². The molecule has 1 fully saturated rings. The van der Waals surface area contributed by atoms with Crippen molar-refractivity contribution in [3.63, 3.8) is 0 Å². The van der Waals surface area contributed by atoms with Gasteiger partial charge in [-0.2, -0.15) is 11.8 Å². The molecule has 1 unspecified atom stereocenters. The molecule has 0 bridgehead atoms. The van der Waals surface area contributed by atoms with Crippen molar-refractivity contribution in [2.45, 2.75) is 38.4 Å². The fourth-order valence-corrected chi connectivity index (χ4v) is 2.52. The summed E-state index contributed by atoms with van der Waals surface area (Å²) < 4.78 is 0. The van der Waals surface area contributed by atoms with Crippen molar-refractivity contribution < 1.29 is 4.79 Å². The predicted octanol–water partition coefficient (Wildman–Crippen LogP) is 2.50. The summed E-state index contributed by atoms with van der Waals surface area (Å²) in [7, 11) is 0. The van der Waals surface area contributed by atoms with Crippen LogP contribution in [0.2, 0.25) is 0 Å². The second-order valence-corrected chi connectivity index (χ2v) is 4.81. The van der Waals surface area contributed by atoms with E-state index in [0.29, 0.717) is 17.0 Å². The summed E-state index contributed by atoms with van der Waals surface area (Å²) in [6.45, 7) is 4.40. The van der Waals surface area contributed by atoms with Gasteiger partial charge in [0.1, 0.15) is 5.78 Å². The Labute approximate surface area is 72.9 Å². The van der Waals surface area contributed by atoms with Gasteiger partial charge in [-0.05, 0) is 24.5 Å². The molecule has 1 atom stereocenters. The van der Waals surface area contributed by atoms with Crippen LogP contribution in [0.3, 0.4) is 0 Å². The molecule has 0 spiro atoms. The van der Waals surface area contributed by atoms with E-state index >= 15 is 0 Å². The van der Waals surface area contributed by atoms with Gasteiger partial charge in [0, 0.05) is 6.42 Å². The highest BCUT2D eigenvalue weighted by molar-refractivity contribution is 8.00. The number of rotatable bonds is 3. The third kappa shape index (κ3) is 2.86. The standard InChI is InChI=1S/C9H16OS/c1-7(2)6-11-9-5-3-4-8(9)10/h7,9H,3-6H2,1-2H3. The molecule has 0 amide bonds. The van der Waals surface area contributed by atoms with Crippen LogP contribution in [0.15, 0.2) is 0 Å². The molecule has 0 aromatic carbocycles. The van der Waals surface area contributed by atoms with Crippen molar-refractivity contribution >= 4 is 17.5 Å². The maximum atomic E-state index is 11.2. The van der Waals surface area contributed by atoms with Crippen molar-refractivity contribution in [3.05, 3.63) is 0 Å². The van der Waals surface area contributed by atoms with Crippen LogP contribution < -0.4 is 0 Å². The molecular weight excluding hydrogens is 156 g/mol. The molecule has 1 aliphatic rings. The fraction of sp³-hybridized carbons (Fsp3) is 0.889. The first-order chi connectivity index (χ1) is 5.20. The van der Waals surface area contributed by atoms with Gasteiger partial charge in [-0.25, -0.2) is 0 Å². The van der Waals surface area contributed by atoms with Gasteiger partial charge in [0.05, 0.1) is 5.25 Å². The number of carbonyl (C=O) groups excluding carboxylic acids is 1. The predicted molar refractivity (Wildman–Crippen MR) is 49.9 cm³/mol. The normalized spacial score (nSPS) is 25.0. The maximum absolute atomic E-state index is 11.2. The zero-order valence-electron chi connectivity index (χ0n) is 7.30. The maximum Gasteiger partial charge on any atom is 0.145 e. The Kier molecular flexibility index (Phi) is 3.44. The first-order valence-electron chi connectivity index (χ1n) is 4.34. The van der Waals surface area contributed by atoms with E-state index in [-0.39, 0.29) is 0 Å². The van der Waals surface area contributed by atoms with Gasteiger partial charge in [-0.1, -0.05) is 13.8 Å². The largest absolute Gasteiger partial charge is 0.298 e. The lowest BCUT2D eigenvalue weighted by Gasteiger charge is -2.08. The molecule has 0 N–H and O–H groups in total. The van der Waals surface area contributed by atoms with Crippen LogP contribution in [-0.2, 0) is 4.79 Å². The average molecular weight is 172 g/mol. The highest BCUT2D eigenvalue weighted by Gasteiger charge is 2.24. The van der Waals surface area contributed by atoms with Crippen LogP contribution in [0.1, 0.15) is 33.1 Å². The summed E-state index contributed by atoms with van der Waals surface area (Å²) in [5, 5.41) is 0.345. The minimum Gasteiger partial charge on any atom is -0.298 e. The molecule has 1 aliphatic carbocycles. The smallest absolute Gasteiger partial charge is 0.145 e. The van der Waals surface area contributed by atoms with Gasteiger partial charge in [0.15, 0.2) is 0 Å². The SMILES string of the molecule is CC(C)CSC1CCCC1=O. The lowest BCUT2D eigenvalue weighted by Crippen LogP contribution is -2.10. The Morgan fingerprint density at radius 2 is 2.36 bits per heavy atom. The number of carbonyl (C=O) groups is 1. The van der Waals surface area contributed by atoms with E-state index in [4.69, 9.17) is 0 Å². The highest BCUT2D eigenvalue weighted by Crippen LogP contribution is 2.27.